The Morgan fingerprint density at radius 1 is 1.16 bits per heavy atom. The van der Waals surface area contributed by atoms with Crippen LogP contribution in [0.4, 0.5) is 4.79 Å². The minimum Gasteiger partial charge on any atom is -0.464 e. The van der Waals surface area contributed by atoms with Crippen molar-refractivity contribution in [2.75, 3.05) is 13.7 Å². The second-order valence-corrected chi connectivity index (χ2v) is 5.10. The predicted octanol–water partition coefficient (Wildman–Crippen LogP) is 2.78. The van der Waals surface area contributed by atoms with Gasteiger partial charge in [0, 0.05) is 0 Å². The Morgan fingerprint density at radius 3 is 2.42 bits per heavy atom. The monoisotopic (exact) mass is 271 g/mol. The number of alkyl carbamates (subject to hydrolysis) is 1. The summed E-state index contributed by atoms with van der Waals surface area (Å²) < 4.78 is 9.90. The van der Waals surface area contributed by atoms with Crippen LogP contribution in [0.15, 0.2) is 0 Å². The first-order valence-electron chi connectivity index (χ1n) is 7.18. The standard InChI is InChI=1S/C14H25NO4/c1-3-4-5-8-11-19-12(16)14(9-6-7-10-14)15-13(17)18-2/h3-11H2,1-2H3,(H,15,17). The minimum atomic E-state index is -0.863. The van der Waals surface area contributed by atoms with Crippen LogP contribution in [0.2, 0.25) is 0 Å². The van der Waals surface area contributed by atoms with E-state index in [1.807, 2.05) is 0 Å². The molecular weight excluding hydrogens is 246 g/mol. The summed E-state index contributed by atoms with van der Waals surface area (Å²) in [5, 5.41) is 2.66. The normalized spacial score (nSPS) is 16.9. The number of hydrogen-bond donors (Lipinski definition) is 1. The molecule has 1 amide bonds. The summed E-state index contributed by atoms with van der Waals surface area (Å²) in [6.45, 7) is 2.57. The molecule has 0 spiro atoms. The minimum absolute atomic E-state index is 0.313. The second-order valence-electron chi connectivity index (χ2n) is 5.10. The number of unbranched alkanes of at least 4 members (excludes halogenated alkanes) is 3. The van der Waals surface area contributed by atoms with Crippen LogP contribution in [0.3, 0.4) is 0 Å². The van der Waals surface area contributed by atoms with Crippen LogP contribution in [0.5, 0.6) is 0 Å². The molecule has 1 fully saturated rings. The van der Waals surface area contributed by atoms with Crippen LogP contribution >= 0.6 is 0 Å². The zero-order chi connectivity index (χ0) is 14.1. The number of methoxy groups -OCH3 is 1. The van der Waals surface area contributed by atoms with Crippen molar-refractivity contribution in [3.8, 4) is 0 Å². The van der Waals surface area contributed by atoms with Crippen molar-refractivity contribution in [2.24, 2.45) is 0 Å². The molecule has 1 aliphatic rings. The average Bonchev–Trinajstić information content (AvgIpc) is 2.88. The van der Waals surface area contributed by atoms with Crippen LogP contribution in [0.1, 0.15) is 58.3 Å². The summed E-state index contributed by atoms with van der Waals surface area (Å²) in [5.74, 6) is -0.313. The number of ether oxygens (including phenoxy) is 2. The van der Waals surface area contributed by atoms with E-state index < -0.39 is 11.6 Å². The van der Waals surface area contributed by atoms with E-state index in [9.17, 15) is 9.59 Å². The van der Waals surface area contributed by atoms with Crippen LogP contribution in [0, 0.1) is 0 Å². The smallest absolute Gasteiger partial charge is 0.407 e. The molecule has 19 heavy (non-hydrogen) atoms. The summed E-state index contributed by atoms with van der Waals surface area (Å²) >= 11 is 0. The maximum atomic E-state index is 12.2. The van der Waals surface area contributed by atoms with E-state index in [0.29, 0.717) is 19.4 Å². The topological polar surface area (TPSA) is 64.6 Å². The Hall–Kier alpha value is -1.26. The van der Waals surface area contributed by atoms with Gasteiger partial charge < -0.3 is 14.8 Å². The zero-order valence-electron chi connectivity index (χ0n) is 12.0. The van der Waals surface area contributed by atoms with Crippen molar-refractivity contribution in [1.29, 1.82) is 0 Å². The number of rotatable bonds is 7. The highest BCUT2D eigenvalue weighted by Crippen LogP contribution is 2.31. The van der Waals surface area contributed by atoms with Crippen LogP contribution in [0.25, 0.3) is 0 Å². The number of esters is 1. The quantitative estimate of drug-likeness (QED) is 0.571. The summed E-state index contributed by atoms with van der Waals surface area (Å²) in [4.78, 5) is 23.5. The maximum Gasteiger partial charge on any atom is 0.407 e. The van der Waals surface area contributed by atoms with Crippen LogP contribution in [-0.2, 0) is 14.3 Å². The molecule has 0 bridgehead atoms. The first-order valence-corrected chi connectivity index (χ1v) is 7.18. The largest absolute Gasteiger partial charge is 0.464 e. The van der Waals surface area contributed by atoms with Gasteiger partial charge in [-0.1, -0.05) is 39.0 Å². The Bertz CT molecular complexity index is 298. The number of carbonyl (C=O) groups is 2. The Labute approximate surface area is 115 Å². The molecule has 5 nitrogen and oxygen atoms in total. The summed E-state index contributed by atoms with van der Waals surface area (Å²) in [5.41, 5.74) is -0.863. The first kappa shape index (κ1) is 15.8. The van der Waals surface area contributed by atoms with Gasteiger partial charge in [-0.3, -0.25) is 0 Å². The number of nitrogens with one attached hydrogen (secondary N) is 1. The Kier molecular flexibility index (Phi) is 6.67. The molecule has 0 unspecified atom stereocenters. The number of hydrogen-bond acceptors (Lipinski definition) is 4. The van der Waals surface area contributed by atoms with Gasteiger partial charge in [0.05, 0.1) is 13.7 Å². The second kappa shape index (κ2) is 8.02. The number of amides is 1. The van der Waals surface area contributed by atoms with Gasteiger partial charge in [-0.15, -0.1) is 0 Å². The van der Waals surface area contributed by atoms with Gasteiger partial charge >= 0.3 is 12.1 Å². The highest BCUT2D eigenvalue weighted by atomic mass is 16.5. The Morgan fingerprint density at radius 2 is 1.84 bits per heavy atom. The first-order chi connectivity index (χ1) is 9.14. The zero-order valence-corrected chi connectivity index (χ0v) is 12.0. The molecule has 5 heteroatoms. The van der Waals surface area contributed by atoms with E-state index in [1.165, 1.54) is 7.11 Å². The third-order valence-corrected chi connectivity index (χ3v) is 3.61. The fourth-order valence-electron chi connectivity index (χ4n) is 2.44. The molecule has 0 aromatic heterocycles. The van der Waals surface area contributed by atoms with Crippen molar-refractivity contribution in [3.05, 3.63) is 0 Å². The molecular formula is C14H25NO4. The van der Waals surface area contributed by atoms with E-state index in [2.05, 4.69) is 17.0 Å². The fraction of sp³-hybridized carbons (Fsp3) is 0.857. The van der Waals surface area contributed by atoms with Crippen molar-refractivity contribution >= 4 is 12.1 Å². The molecule has 0 atom stereocenters. The maximum absolute atomic E-state index is 12.2. The summed E-state index contributed by atoms with van der Waals surface area (Å²) in [6, 6.07) is 0. The van der Waals surface area contributed by atoms with Gasteiger partial charge in [0.15, 0.2) is 0 Å². The van der Waals surface area contributed by atoms with E-state index in [0.717, 1.165) is 38.5 Å². The van der Waals surface area contributed by atoms with E-state index >= 15 is 0 Å². The van der Waals surface area contributed by atoms with Crippen LogP contribution in [-0.4, -0.2) is 31.3 Å². The van der Waals surface area contributed by atoms with Gasteiger partial charge in [-0.25, -0.2) is 9.59 Å². The van der Waals surface area contributed by atoms with Crippen molar-refractivity contribution in [1.82, 2.24) is 5.32 Å². The molecule has 110 valence electrons. The lowest BCUT2D eigenvalue weighted by molar-refractivity contribution is -0.151. The third-order valence-electron chi connectivity index (χ3n) is 3.61. The van der Waals surface area contributed by atoms with E-state index in [4.69, 9.17) is 4.74 Å². The molecule has 1 N–H and O–H groups in total. The van der Waals surface area contributed by atoms with Gasteiger partial charge in [-0.2, -0.15) is 0 Å². The lowest BCUT2D eigenvalue weighted by Gasteiger charge is -2.27. The van der Waals surface area contributed by atoms with Gasteiger partial charge in [0.2, 0.25) is 0 Å². The molecule has 0 radical (unpaired) electrons. The molecule has 1 aliphatic carbocycles. The van der Waals surface area contributed by atoms with Crippen molar-refractivity contribution in [3.63, 3.8) is 0 Å². The van der Waals surface area contributed by atoms with Gasteiger partial charge in [0.25, 0.3) is 0 Å². The molecule has 0 heterocycles. The lowest BCUT2D eigenvalue weighted by Crippen LogP contribution is -2.53. The molecule has 0 aromatic carbocycles. The predicted molar refractivity (Wildman–Crippen MR) is 71.8 cm³/mol. The fourth-order valence-corrected chi connectivity index (χ4v) is 2.44. The average molecular weight is 271 g/mol. The molecule has 1 saturated carbocycles. The van der Waals surface area contributed by atoms with Crippen molar-refractivity contribution in [2.45, 2.75) is 63.8 Å². The SMILES string of the molecule is CCCCCCOC(=O)C1(NC(=O)OC)CCCC1. The summed E-state index contributed by atoms with van der Waals surface area (Å²) in [6.07, 6.45) is 6.82. The number of carbonyl (C=O) groups excluding carboxylic acids is 2. The van der Waals surface area contributed by atoms with Gasteiger partial charge in [-0.05, 0) is 19.3 Å². The molecule has 0 aliphatic heterocycles. The van der Waals surface area contributed by atoms with Gasteiger partial charge in [0.1, 0.15) is 5.54 Å². The third kappa shape index (κ3) is 4.73. The molecule has 0 saturated heterocycles. The van der Waals surface area contributed by atoms with Crippen molar-refractivity contribution < 1.29 is 19.1 Å². The molecule has 1 rings (SSSR count). The Balaban J connectivity index is 2.42. The van der Waals surface area contributed by atoms with E-state index in [1.54, 1.807) is 0 Å². The highest BCUT2D eigenvalue weighted by Gasteiger charge is 2.44. The van der Waals surface area contributed by atoms with Crippen LogP contribution < -0.4 is 5.32 Å². The lowest BCUT2D eigenvalue weighted by atomic mass is 9.98. The summed E-state index contributed by atoms with van der Waals surface area (Å²) in [7, 11) is 1.30. The highest BCUT2D eigenvalue weighted by molar-refractivity contribution is 5.86. The molecule has 0 aromatic rings. The van der Waals surface area contributed by atoms with E-state index in [-0.39, 0.29) is 5.97 Å².